The molecule has 1 amide bonds. The first-order chi connectivity index (χ1) is 11.2. The molecule has 116 valence electrons. The molecule has 3 aromatic rings. The summed E-state index contributed by atoms with van der Waals surface area (Å²) in [6.45, 7) is 3.95. The minimum absolute atomic E-state index is 0.105. The number of benzene rings is 2. The lowest BCUT2D eigenvalue weighted by molar-refractivity contribution is 0.0697. The van der Waals surface area contributed by atoms with Crippen molar-refractivity contribution in [1.82, 2.24) is 14.9 Å². The number of rotatable bonds is 1. The summed E-state index contributed by atoms with van der Waals surface area (Å²) in [6, 6.07) is 13.4. The van der Waals surface area contributed by atoms with Crippen LogP contribution in [0.4, 0.5) is 0 Å². The summed E-state index contributed by atoms with van der Waals surface area (Å²) in [6.07, 6.45) is 2.17. The van der Waals surface area contributed by atoms with Gasteiger partial charge in [0.05, 0.1) is 22.1 Å². The van der Waals surface area contributed by atoms with Crippen LogP contribution in [0.1, 0.15) is 30.1 Å². The molecule has 2 heterocycles. The monoisotopic (exact) mass is 305 g/mol. The van der Waals surface area contributed by atoms with E-state index in [2.05, 4.69) is 16.9 Å². The van der Waals surface area contributed by atoms with E-state index in [-0.39, 0.29) is 5.91 Å². The summed E-state index contributed by atoms with van der Waals surface area (Å²) in [4.78, 5) is 23.9. The fraction of sp³-hybridized carbons (Fsp3) is 0.316. The van der Waals surface area contributed by atoms with Gasteiger partial charge in [-0.05, 0) is 49.1 Å². The fourth-order valence-electron chi connectivity index (χ4n) is 3.15. The van der Waals surface area contributed by atoms with Crippen molar-refractivity contribution in [2.75, 3.05) is 13.1 Å². The molecule has 0 aliphatic carbocycles. The predicted octanol–water partition coefficient (Wildman–Crippen LogP) is 3.66. The molecule has 0 bridgehead atoms. The highest BCUT2D eigenvalue weighted by Gasteiger charge is 2.21. The van der Waals surface area contributed by atoms with Crippen LogP contribution >= 0.6 is 0 Å². The van der Waals surface area contributed by atoms with Gasteiger partial charge in [0.2, 0.25) is 0 Å². The van der Waals surface area contributed by atoms with E-state index in [1.807, 2.05) is 47.4 Å². The molecular formula is C19H19N3O. The number of aromatic nitrogens is 2. The van der Waals surface area contributed by atoms with Gasteiger partial charge < -0.3 is 4.90 Å². The fourth-order valence-corrected chi connectivity index (χ4v) is 3.15. The summed E-state index contributed by atoms with van der Waals surface area (Å²) < 4.78 is 0. The van der Waals surface area contributed by atoms with Gasteiger partial charge in [-0.15, -0.1) is 0 Å². The van der Waals surface area contributed by atoms with Gasteiger partial charge in [-0.25, -0.2) is 9.97 Å². The lowest BCUT2D eigenvalue weighted by Gasteiger charge is -2.30. The first-order valence-corrected chi connectivity index (χ1v) is 8.16. The van der Waals surface area contributed by atoms with Crippen LogP contribution in [0.15, 0.2) is 42.5 Å². The van der Waals surface area contributed by atoms with Gasteiger partial charge in [-0.2, -0.15) is 0 Å². The first kappa shape index (κ1) is 14.1. The molecule has 0 spiro atoms. The summed E-state index contributed by atoms with van der Waals surface area (Å²) in [5.74, 6) is 0.821. The third-order valence-corrected chi connectivity index (χ3v) is 4.66. The molecule has 1 aliphatic heterocycles. The zero-order valence-corrected chi connectivity index (χ0v) is 13.2. The Morgan fingerprint density at radius 1 is 0.957 bits per heavy atom. The van der Waals surface area contributed by atoms with Crippen LogP contribution in [-0.2, 0) is 0 Å². The molecule has 0 radical (unpaired) electrons. The zero-order chi connectivity index (χ0) is 15.8. The Labute approximate surface area is 135 Å². The van der Waals surface area contributed by atoms with Crippen LogP contribution in [0, 0.1) is 5.92 Å². The third kappa shape index (κ3) is 2.65. The topological polar surface area (TPSA) is 46.1 Å². The highest BCUT2D eigenvalue weighted by molar-refractivity contribution is 5.98. The van der Waals surface area contributed by atoms with E-state index in [1.54, 1.807) is 0 Å². The van der Waals surface area contributed by atoms with Gasteiger partial charge in [0.15, 0.2) is 0 Å². The number of nitrogens with zero attached hydrogens (tertiary/aromatic N) is 3. The largest absolute Gasteiger partial charge is 0.339 e. The summed E-state index contributed by atoms with van der Waals surface area (Å²) in [5.41, 5.74) is 4.05. The zero-order valence-electron chi connectivity index (χ0n) is 13.2. The number of para-hydroxylation sites is 2. The number of hydrogen-bond donors (Lipinski definition) is 0. The molecule has 1 fully saturated rings. The van der Waals surface area contributed by atoms with Crippen molar-refractivity contribution in [3.05, 3.63) is 48.0 Å². The Morgan fingerprint density at radius 3 is 2.26 bits per heavy atom. The standard InChI is InChI=1S/C19H19N3O/c1-13-8-10-22(11-9-13)19(23)14-6-7-17-18(12-14)21-16-5-3-2-4-15(16)20-17/h2-7,12-13H,8-11H2,1H3. The Balaban J connectivity index is 1.70. The average molecular weight is 305 g/mol. The van der Waals surface area contributed by atoms with Crippen molar-refractivity contribution < 1.29 is 4.79 Å². The number of hydrogen-bond acceptors (Lipinski definition) is 3. The number of likely N-dealkylation sites (tertiary alicyclic amines) is 1. The number of fused-ring (bicyclic) bond motifs is 2. The predicted molar refractivity (Wildman–Crippen MR) is 91.3 cm³/mol. The molecular weight excluding hydrogens is 286 g/mol. The van der Waals surface area contributed by atoms with E-state index in [4.69, 9.17) is 0 Å². The molecule has 0 N–H and O–H groups in total. The summed E-state index contributed by atoms with van der Waals surface area (Å²) in [7, 11) is 0. The third-order valence-electron chi connectivity index (χ3n) is 4.66. The van der Waals surface area contributed by atoms with Crippen LogP contribution in [0.2, 0.25) is 0 Å². The van der Waals surface area contributed by atoms with Gasteiger partial charge in [0.1, 0.15) is 0 Å². The Morgan fingerprint density at radius 2 is 1.57 bits per heavy atom. The lowest BCUT2D eigenvalue weighted by Crippen LogP contribution is -2.37. The SMILES string of the molecule is CC1CCN(C(=O)c2ccc3nc4ccccc4nc3c2)CC1. The molecule has 1 aromatic heterocycles. The van der Waals surface area contributed by atoms with Crippen molar-refractivity contribution in [2.45, 2.75) is 19.8 Å². The number of carbonyl (C=O) groups is 1. The molecule has 0 unspecified atom stereocenters. The minimum atomic E-state index is 0.105. The van der Waals surface area contributed by atoms with Crippen LogP contribution in [0.5, 0.6) is 0 Å². The van der Waals surface area contributed by atoms with Crippen LogP contribution in [0.25, 0.3) is 22.1 Å². The number of carbonyl (C=O) groups excluding carboxylic acids is 1. The molecule has 2 aromatic carbocycles. The van der Waals surface area contributed by atoms with E-state index in [0.29, 0.717) is 11.5 Å². The van der Waals surface area contributed by atoms with Gasteiger partial charge in [-0.1, -0.05) is 19.1 Å². The molecule has 0 saturated carbocycles. The first-order valence-electron chi connectivity index (χ1n) is 8.16. The maximum absolute atomic E-state index is 12.7. The maximum atomic E-state index is 12.7. The Kier molecular flexibility index (Phi) is 3.45. The molecule has 1 saturated heterocycles. The second kappa shape index (κ2) is 5.61. The number of piperidine rings is 1. The van der Waals surface area contributed by atoms with E-state index in [0.717, 1.165) is 48.0 Å². The second-order valence-corrected chi connectivity index (χ2v) is 6.39. The molecule has 0 atom stereocenters. The quantitative estimate of drug-likeness (QED) is 0.645. The van der Waals surface area contributed by atoms with Gasteiger partial charge in [0.25, 0.3) is 5.91 Å². The lowest BCUT2D eigenvalue weighted by atomic mass is 9.98. The van der Waals surface area contributed by atoms with Gasteiger partial charge in [0, 0.05) is 18.7 Å². The molecule has 4 nitrogen and oxygen atoms in total. The van der Waals surface area contributed by atoms with Gasteiger partial charge in [-0.3, -0.25) is 4.79 Å². The molecule has 23 heavy (non-hydrogen) atoms. The van der Waals surface area contributed by atoms with Crippen molar-refractivity contribution in [3.8, 4) is 0 Å². The van der Waals surface area contributed by atoms with Crippen molar-refractivity contribution in [3.63, 3.8) is 0 Å². The smallest absolute Gasteiger partial charge is 0.253 e. The Bertz CT molecular complexity index is 882. The van der Waals surface area contributed by atoms with E-state index >= 15 is 0 Å². The summed E-state index contributed by atoms with van der Waals surface area (Å²) >= 11 is 0. The molecule has 4 rings (SSSR count). The summed E-state index contributed by atoms with van der Waals surface area (Å²) in [5, 5.41) is 0. The molecule has 4 heteroatoms. The maximum Gasteiger partial charge on any atom is 0.253 e. The van der Waals surface area contributed by atoms with Crippen molar-refractivity contribution in [2.24, 2.45) is 5.92 Å². The highest BCUT2D eigenvalue weighted by Crippen LogP contribution is 2.21. The van der Waals surface area contributed by atoms with Crippen molar-refractivity contribution in [1.29, 1.82) is 0 Å². The van der Waals surface area contributed by atoms with Crippen LogP contribution in [-0.4, -0.2) is 33.9 Å². The van der Waals surface area contributed by atoms with E-state index in [1.165, 1.54) is 0 Å². The second-order valence-electron chi connectivity index (χ2n) is 6.39. The highest BCUT2D eigenvalue weighted by atomic mass is 16.2. The molecule has 1 aliphatic rings. The van der Waals surface area contributed by atoms with Crippen molar-refractivity contribution >= 4 is 28.0 Å². The Hall–Kier alpha value is -2.49. The van der Waals surface area contributed by atoms with Gasteiger partial charge >= 0.3 is 0 Å². The van der Waals surface area contributed by atoms with E-state index < -0.39 is 0 Å². The average Bonchev–Trinajstić information content (AvgIpc) is 2.59. The minimum Gasteiger partial charge on any atom is -0.339 e. The van der Waals surface area contributed by atoms with E-state index in [9.17, 15) is 4.79 Å². The number of amides is 1. The normalized spacial score (nSPS) is 16.1. The van der Waals surface area contributed by atoms with Crippen LogP contribution in [0.3, 0.4) is 0 Å². The van der Waals surface area contributed by atoms with Crippen LogP contribution < -0.4 is 0 Å².